The molecule has 5 heteroatoms. The van der Waals surface area contributed by atoms with Crippen LogP contribution in [0, 0.1) is 0 Å². The maximum absolute atomic E-state index is 13.8. The van der Waals surface area contributed by atoms with Gasteiger partial charge in [-0.2, -0.15) is 0 Å². The number of benzene rings is 3. The highest BCUT2D eigenvalue weighted by Gasteiger charge is 2.44. The molecule has 0 radical (unpaired) electrons. The molecule has 1 atom stereocenters. The SMILES string of the molecule is O=C(C1=C(Nc2ccccc2)C(=O)N(c2ccccc2)C1c1ccccc1)c1cccs1. The molecule has 0 saturated carbocycles. The number of hydrogen-bond acceptors (Lipinski definition) is 4. The quantitative estimate of drug-likeness (QED) is 0.372. The van der Waals surface area contributed by atoms with Crippen LogP contribution in [0.25, 0.3) is 0 Å². The molecule has 3 aromatic carbocycles. The summed E-state index contributed by atoms with van der Waals surface area (Å²) >= 11 is 1.38. The molecule has 5 rings (SSSR count). The summed E-state index contributed by atoms with van der Waals surface area (Å²) in [7, 11) is 0. The fourth-order valence-corrected chi connectivity index (χ4v) is 4.67. The van der Waals surface area contributed by atoms with E-state index in [0.29, 0.717) is 16.1 Å². The molecule has 4 nitrogen and oxygen atoms in total. The molecular weight excluding hydrogens is 416 g/mol. The predicted molar refractivity (Wildman–Crippen MR) is 129 cm³/mol. The van der Waals surface area contributed by atoms with Crippen molar-refractivity contribution >= 4 is 34.4 Å². The Morgan fingerprint density at radius 1 is 0.781 bits per heavy atom. The smallest absolute Gasteiger partial charge is 0.276 e. The Kier molecular flexibility index (Phi) is 5.40. The van der Waals surface area contributed by atoms with Crippen molar-refractivity contribution in [1.82, 2.24) is 0 Å². The van der Waals surface area contributed by atoms with Crippen LogP contribution in [-0.2, 0) is 4.79 Å². The second-order valence-corrected chi connectivity index (χ2v) is 8.36. The van der Waals surface area contributed by atoms with Crippen molar-refractivity contribution in [3.8, 4) is 0 Å². The van der Waals surface area contributed by atoms with E-state index in [4.69, 9.17) is 0 Å². The minimum Gasteiger partial charge on any atom is -0.351 e. The van der Waals surface area contributed by atoms with Gasteiger partial charge in [0.15, 0.2) is 0 Å². The van der Waals surface area contributed by atoms with E-state index in [0.717, 1.165) is 16.9 Å². The molecule has 0 saturated heterocycles. The molecular formula is C27H20N2O2S. The molecule has 2 heterocycles. The van der Waals surface area contributed by atoms with Crippen molar-refractivity contribution in [2.24, 2.45) is 0 Å². The Bertz CT molecular complexity index is 1270. The molecule has 1 unspecified atom stereocenters. The summed E-state index contributed by atoms with van der Waals surface area (Å²) in [4.78, 5) is 29.9. The third-order valence-electron chi connectivity index (χ3n) is 5.42. The molecule has 1 N–H and O–H groups in total. The Morgan fingerprint density at radius 3 is 2.03 bits per heavy atom. The molecule has 0 fully saturated rings. The van der Waals surface area contributed by atoms with Gasteiger partial charge >= 0.3 is 0 Å². The van der Waals surface area contributed by atoms with Gasteiger partial charge in [-0.1, -0.05) is 72.8 Å². The molecule has 0 spiro atoms. The summed E-state index contributed by atoms with van der Waals surface area (Å²) in [6.07, 6.45) is 0. The van der Waals surface area contributed by atoms with Crippen LogP contribution in [0.1, 0.15) is 21.3 Å². The summed E-state index contributed by atoms with van der Waals surface area (Å²) in [5, 5.41) is 5.13. The number of carbonyl (C=O) groups is 2. The van der Waals surface area contributed by atoms with Gasteiger partial charge in [0, 0.05) is 11.4 Å². The van der Waals surface area contributed by atoms with Crippen LogP contribution in [0.5, 0.6) is 0 Å². The van der Waals surface area contributed by atoms with Crippen LogP contribution >= 0.6 is 11.3 Å². The number of hydrogen-bond donors (Lipinski definition) is 1. The van der Waals surface area contributed by atoms with Crippen molar-refractivity contribution in [3.05, 3.63) is 130 Å². The van der Waals surface area contributed by atoms with Crippen LogP contribution in [0.3, 0.4) is 0 Å². The lowest BCUT2D eigenvalue weighted by Gasteiger charge is -2.27. The zero-order valence-corrected chi connectivity index (χ0v) is 18.0. The lowest BCUT2D eigenvalue weighted by atomic mass is 9.94. The Balaban J connectivity index is 1.72. The highest BCUT2D eigenvalue weighted by molar-refractivity contribution is 7.12. The summed E-state index contributed by atoms with van der Waals surface area (Å²) in [6, 6.07) is 31.8. The minimum atomic E-state index is -0.535. The highest BCUT2D eigenvalue weighted by atomic mass is 32.1. The van der Waals surface area contributed by atoms with Gasteiger partial charge in [0.25, 0.3) is 5.91 Å². The lowest BCUT2D eigenvalue weighted by Crippen LogP contribution is -2.31. The Hall–Kier alpha value is -3.96. The first-order valence-corrected chi connectivity index (χ1v) is 11.2. The Labute approximate surface area is 190 Å². The van der Waals surface area contributed by atoms with E-state index in [1.165, 1.54) is 11.3 Å². The summed E-state index contributed by atoms with van der Waals surface area (Å²) < 4.78 is 0. The number of Topliss-reactive ketones (excluding diaryl/α,β-unsaturated/α-hetero) is 1. The molecule has 1 aliphatic rings. The molecule has 1 aliphatic heterocycles. The zero-order chi connectivity index (χ0) is 21.9. The molecule has 1 amide bonds. The number of rotatable bonds is 6. The van der Waals surface area contributed by atoms with Crippen LogP contribution < -0.4 is 10.2 Å². The molecule has 4 aromatic rings. The van der Waals surface area contributed by atoms with E-state index in [2.05, 4.69) is 5.32 Å². The summed E-state index contributed by atoms with van der Waals surface area (Å²) in [6.45, 7) is 0. The van der Waals surface area contributed by atoms with E-state index >= 15 is 0 Å². The standard InChI is InChI=1S/C27H20N2O2S/c30-26(22-17-10-18-32-22)23-24(28-20-13-6-2-7-14-20)27(31)29(21-15-8-3-9-16-21)25(23)19-11-4-1-5-12-19/h1-18,25,28H. The summed E-state index contributed by atoms with van der Waals surface area (Å²) in [5.74, 6) is -0.368. The third-order valence-corrected chi connectivity index (χ3v) is 6.28. The largest absolute Gasteiger partial charge is 0.351 e. The Morgan fingerprint density at radius 2 is 1.41 bits per heavy atom. The number of anilines is 2. The van der Waals surface area contributed by atoms with Crippen molar-refractivity contribution in [2.45, 2.75) is 6.04 Å². The first-order valence-electron chi connectivity index (χ1n) is 10.3. The van der Waals surface area contributed by atoms with E-state index < -0.39 is 6.04 Å². The normalized spacial score (nSPS) is 15.8. The van der Waals surface area contributed by atoms with Crippen molar-refractivity contribution in [2.75, 3.05) is 10.2 Å². The third kappa shape index (κ3) is 3.63. The van der Waals surface area contributed by atoms with Gasteiger partial charge in [0.05, 0.1) is 16.5 Å². The van der Waals surface area contributed by atoms with Gasteiger partial charge in [0.2, 0.25) is 5.78 Å². The fraction of sp³-hybridized carbons (Fsp3) is 0.0370. The lowest BCUT2D eigenvalue weighted by molar-refractivity contribution is -0.114. The average Bonchev–Trinajstić information content (AvgIpc) is 3.48. The first-order chi connectivity index (χ1) is 15.7. The van der Waals surface area contributed by atoms with E-state index in [9.17, 15) is 9.59 Å². The van der Waals surface area contributed by atoms with E-state index in [1.807, 2.05) is 102 Å². The molecule has 0 aliphatic carbocycles. The number of thiophene rings is 1. The maximum Gasteiger partial charge on any atom is 0.276 e. The minimum absolute atomic E-state index is 0.140. The van der Waals surface area contributed by atoms with Gasteiger partial charge in [-0.15, -0.1) is 11.3 Å². The molecule has 156 valence electrons. The second-order valence-electron chi connectivity index (χ2n) is 7.41. The molecule has 0 bridgehead atoms. The number of nitrogens with zero attached hydrogens (tertiary/aromatic N) is 1. The fourth-order valence-electron chi connectivity index (χ4n) is 3.99. The van der Waals surface area contributed by atoms with E-state index in [1.54, 1.807) is 11.0 Å². The average molecular weight is 437 g/mol. The number of ketones is 1. The van der Waals surface area contributed by atoms with Gasteiger partial charge < -0.3 is 5.32 Å². The predicted octanol–water partition coefficient (Wildman–Crippen LogP) is 6.09. The topological polar surface area (TPSA) is 49.4 Å². The highest BCUT2D eigenvalue weighted by Crippen LogP contribution is 2.43. The van der Waals surface area contributed by atoms with E-state index in [-0.39, 0.29) is 11.7 Å². The second kappa shape index (κ2) is 8.65. The maximum atomic E-state index is 13.8. The van der Waals surface area contributed by atoms with Gasteiger partial charge in [0.1, 0.15) is 5.70 Å². The van der Waals surface area contributed by atoms with Gasteiger partial charge in [-0.05, 0) is 41.3 Å². The summed E-state index contributed by atoms with van der Waals surface area (Å²) in [5.41, 5.74) is 3.15. The van der Waals surface area contributed by atoms with Crippen molar-refractivity contribution in [1.29, 1.82) is 0 Å². The number of amides is 1. The number of para-hydroxylation sites is 2. The van der Waals surface area contributed by atoms with Crippen LogP contribution in [-0.4, -0.2) is 11.7 Å². The molecule has 32 heavy (non-hydrogen) atoms. The number of nitrogens with one attached hydrogen (secondary N) is 1. The molecule has 1 aromatic heterocycles. The number of carbonyl (C=O) groups excluding carboxylic acids is 2. The monoisotopic (exact) mass is 436 g/mol. The van der Waals surface area contributed by atoms with Crippen molar-refractivity contribution in [3.63, 3.8) is 0 Å². The van der Waals surface area contributed by atoms with Crippen LogP contribution in [0.4, 0.5) is 11.4 Å². The van der Waals surface area contributed by atoms with Gasteiger partial charge in [-0.25, -0.2) is 0 Å². The zero-order valence-electron chi connectivity index (χ0n) is 17.1. The van der Waals surface area contributed by atoms with Gasteiger partial charge in [-0.3, -0.25) is 14.5 Å². The first kappa shape index (κ1) is 20.0. The van der Waals surface area contributed by atoms with Crippen LogP contribution in [0.2, 0.25) is 0 Å². The van der Waals surface area contributed by atoms with Crippen LogP contribution in [0.15, 0.2) is 120 Å². The van der Waals surface area contributed by atoms with Crippen molar-refractivity contribution < 1.29 is 9.59 Å².